The molecule has 66 valence electrons. The van der Waals surface area contributed by atoms with Crippen LogP contribution in [0.1, 0.15) is 39.0 Å². The Morgan fingerprint density at radius 1 is 1.36 bits per heavy atom. The van der Waals surface area contributed by atoms with Crippen molar-refractivity contribution in [2.24, 2.45) is 5.92 Å². The first kappa shape index (κ1) is 11.2. The van der Waals surface area contributed by atoms with Gasteiger partial charge in [0.25, 0.3) is 0 Å². The molecule has 0 rings (SSSR count). The SMILES string of the molecule is C=CCCCCC[C@@H](C)CBr. The summed E-state index contributed by atoms with van der Waals surface area (Å²) in [5.74, 6) is 0.846. The lowest BCUT2D eigenvalue weighted by Crippen LogP contribution is -1.94. The predicted molar refractivity (Wildman–Crippen MR) is 56.2 cm³/mol. The molecule has 0 N–H and O–H groups in total. The van der Waals surface area contributed by atoms with Crippen molar-refractivity contribution < 1.29 is 0 Å². The minimum absolute atomic E-state index is 0.846. The molecule has 11 heavy (non-hydrogen) atoms. The van der Waals surface area contributed by atoms with Crippen molar-refractivity contribution >= 4 is 15.9 Å². The molecule has 0 aromatic rings. The van der Waals surface area contributed by atoms with Gasteiger partial charge >= 0.3 is 0 Å². The van der Waals surface area contributed by atoms with Crippen molar-refractivity contribution in [2.45, 2.75) is 39.0 Å². The van der Waals surface area contributed by atoms with E-state index >= 15 is 0 Å². The number of alkyl halides is 1. The number of hydrogen-bond donors (Lipinski definition) is 0. The third-order valence-corrected chi connectivity index (χ3v) is 2.97. The summed E-state index contributed by atoms with van der Waals surface area (Å²) in [4.78, 5) is 0. The number of hydrogen-bond acceptors (Lipinski definition) is 0. The van der Waals surface area contributed by atoms with Crippen molar-refractivity contribution in [3.8, 4) is 0 Å². The highest BCUT2D eigenvalue weighted by Gasteiger charge is 1.97. The van der Waals surface area contributed by atoms with Crippen LogP contribution in [-0.2, 0) is 0 Å². The van der Waals surface area contributed by atoms with E-state index in [0.29, 0.717) is 0 Å². The summed E-state index contributed by atoms with van der Waals surface area (Å²) in [6.45, 7) is 6.00. The third-order valence-electron chi connectivity index (χ3n) is 1.87. The smallest absolute Gasteiger partial charge is 0.00570 e. The second kappa shape index (κ2) is 8.32. The fourth-order valence-electron chi connectivity index (χ4n) is 1.04. The zero-order chi connectivity index (χ0) is 8.53. The van der Waals surface area contributed by atoms with Gasteiger partial charge in [-0.15, -0.1) is 6.58 Å². The Morgan fingerprint density at radius 3 is 2.64 bits per heavy atom. The first-order valence-electron chi connectivity index (χ1n) is 4.48. The maximum atomic E-state index is 3.70. The van der Waals surface area contributed by atoms with Crippen LogP contribution in [0.4, 0.5) is 0 Å². The van der Waals surface area contributed by atoms with E-state index in [2.05, 4.69) is 29.4 Å². The third kappa shape index (κ3) is 8.12. The summed E-state index contributed by atoms with van der Waals surface area (Å²) in [6.07, 6.45) is 8.61. The highest BCUT2D eigenvalue weighted by atomic mass is 79.9. The minimum atomic E-state index is 0.846. The maximum Gasteiger partial charge on any atom is 0.00570 e. The van der Waals surface area contributed by atoms with Crippen molar-refractivity contribution in [1.82, 2.24) is 0 Å². The minimum Gasteiger partial charge on any atom is -0.103 e. The van der Waals surface area contributed by atoms with Gasteiger partial charge in [0.1, 0.15) is 0 Å². The van der Waals surface area contributed by atoms with Gasteiger partial charge in [-0.3, -0.25) is 0 Å². The lowest BCUT2D eigenvalue weighted by molar-refractivity contribution is 0.537. The van der Waals surface area contributed by atoms with Crippen LogP contribution in [0.25, 0.3) is 0 Å². The van der Waals surface area contributed by atoms with Crippen molar-refractivity contribution in [3.63, 3.8) is 0 Å². The van der Waals surface area contributed by atoms with E-state index in [9.17, 15) is 0 Å². The van der Waals surface area contributed by atoms with Gasteiger partial charge in [0.05, 0.1) is 0 Å². The van der Waals surface area contributed by atoms with E-state index < -0.39 is 0 Å². The second-order valence-corrected chi connectivity index (χ2v) is 3.83. The summed E-state index contributed by atoms with van der Waals surface area (Å²) >= 11 is 3.48. The molecule has 0 saturated heterocycles. The molecule has 0 aliphatic rings. The second-order valence-electron chi connectivity index (χ2n) is 3.19. The molecule has 0 aliphatic carbocycles. The van der Waals surface area contributed by atoms with Gasteiger partial charge in [-0.2, -0.15) is 0 Å². The van der Waals surface area contributed by atoms with Gasteiger partial charge in [-0.1, -0.05) is 41.8 Å². The van der Waals surface area contributed by atoms with Gasteiger partial charge in [-0.05, 0) is 25.2 Å². The molecule has 0 saturated carbocycles. The predicted octanol–water partition coefficient (Wildman–Crippen LogP) is 4.15. The molecule has 0 unspecified atom stereocenters. The largest absolute Gasteiger partial charge is 0.103 e. The summed E-state index contributed by atoms with van der Waals surface area (Å²) in [7, 11) is 0. The van der Waals surface area contributed by atoms with Gasteiger partial charge in [0.2, 0.25) is 0 Å². The van der Waals surface area contributed by atoms with Crippen molar-refractivity contribution in [2.75, 3.05) is 5.33 Å². The number of unbranched alkanes of at least 4 members (excludes halogenated alkanes) is 3. The Labute approximate surface area is 79.2 Å². The van der Waals surface area contributed by atoms with Crippen LogP contribution in [0.15, 0.2) is 12.7 Å². The number of rotatable bonds is 7. The lowest BCUT2D eigenvalue weighted by Gasteiger charge is -2.05. The molecule has 0 aromatic carbocycles. The topological polar surface area (TPSA) is 0 Å². The van der Waals surface area contributed by atoms with Crippen LogP contribution in [0, 0.1) is 5.92 Å². The standard InChI is InChI=1S/C10H19Br/c1-3-4-5-6-7-8-10(2)9-11/h3,10H,1,4-9H2,2H3/t10-/m1/s1. The molecule has 0 nitrogen and oxygen atoms in total. The molecule has 0 radical (unpaired) electrons. The van der Waals surface area contributed by atoms with Crippen LogP contribution in [0.3, 0.4) is 0 Å². The molecule has 1 atom stereocenters. The van der Waals surface area contributed by atoms with Crippen LogP contribution in [0.5, 0.6) is 0 Å². The summed E-state index contributed by atoms with van der Waals surface area (Å²) < 4.78 is 0. The normalized spacial score (nSPS) is 12.9. The molecule has 0 aromatic heterocycles. The highest BCUT2D eigenvalue weighted by Crippen LogP contribution is 2.12. The quantitative estimate of drug-likeness (QED) is 0.342. The van der Waals surface area contributed by atoms with Crippen LogP contribution < -0.4 is 0 Å². The Kier molecular flexibility index (Phi) is 8.48. The fraction of sp³-hybridized carbons (Fsp3) is 0.800. The van der Waals surface area contributed by atoms with E-state index in [4.69, 9.17) is 0 Å². The van der Waals surface area contributed by atoms with Gasteiger partial charge in [0, 0.05) is 5.33 Å². The average Bonchev–Trinajstić information content (AvgIpc) is 2.04. The molecule has 0 amide bonds. The van der Waals surface area contributed by atoms with Crippen LogP contribution >= 0.6 is 15.9 Å². The molecule has 0 fully saturated rings. The summed E-state index contributed by atoms with van der Waals surface area (Å²) in [5, 5.41) is 1.15. The molecule has 0 bridgehead atoms. The van der Waals surface area contributed by atoms with Crippen molar-refractivity contribution in [3.05, 3.63) is 12.7 Å². The van der Waals surface area contributed by atoms with E-state index in [-0.39, 0.29) is 0 Å². The molecule has 0 heterocycles. The van der Waals surface area contributed by atoms with Gasteiger partial charge in [0.15, 0.2) is 0 Å². The van der Waals surface area contributed by atoms with Gasteiger partial charge in [-0.25, -0.2) is 0 Å². The van der Waals surface area contributed by atoms with Crippen molar-refractivity contribution in [1.29, 1.82) is 0 Å². The van der Waals surface area contributed by atoms with E-state index in [1.54, 1.807) is 0 Å². The first-order valence-corrected chi connectivity index (χ1v) is 5.60. The van der Waals surface area contributed by atoms with E-state index in [1.165, 1.54) is 32.1 Å². The molecular weight excluding hydrogens is 200 g/mol. The first-order chi connectivity index (χ1) is 5.31. The Hall–Kier alpha value is 0.220. The molecular formula is C10H19Br. The zero-order valence-corrected chi connectivity index (χ0v) is 9.07. The Morgan fingerprint density at radius 2 is 2.09 bits per heavy atom. The number of allylic oxidation sites excluding steroid dienone is 1. The summed E-state index contributed by atoms with van der Waals surface area (Å²) in [6, 6.07) is 0. The van der Waals surface area contributed by atoms with Crippen LogP contribution in [0.2, 0.25) is 0 Å². The monoisotopic (exact) mass is 218 g/mol. The van der Waals surface area contributed by atoms with E-state index in [1.807, 2.05) is 6.08 Å². The Bertz CT molecular complexity index is 88.9. The highest BCUT2D eigenvalue weighted by molar-refractivity contribution is 9.09. The zero-order valence-electron chi connectivity index (χ0n) is 7.48. The van der Waals surface area contributed by atoms with Gasteiger partial charge < -0.3 is 0 Å². The Balaban J connectivity index is 2.95. The molecule has 0 aliphatic heterocycles. The maximum absolute atomic E-state index is 3.70. The fourth-order valence-corrected chi connectivity index (χ4v) is 1.36. The average molecular weight is 219 g/mol. The molecule has 0 spiro atoms. The lowest BCUT2D eigenvalue weighted by atomic mass is 10.0. The van der Waals surface area contributed by atoms with Crippen LogP contribution in [-0.4, -0.2) is 5.33 Å². The number of halogens is 1. The summed E-state index contributed by atoms with van der Waals surface area (Å²) in [5.41, 5.74) is 0. The molecule has 1 heteroatoms. The van der Waals surface area contributed by atoms with E-state index in [0.717, 1.165) is 11.2 Å².